The molecule has 0 aliphatic rings. The van der Waals surface area contributed by atoms with Gasteiger partial charge >= 0.3 is 12.1 Å². The summed E-state index contributed by atoms with van der Waals surface area (Å²) in [6.45, 7) is 3.70. The molecule has 0 spiro atoms. The molecule has 0 unspecified atom stereocenters. The van der Waals surface area contributed by atoms with E-state index in [4.69, 9.17) is 0 Å². The van der Waals surface area contributed by atoms with Crippen LogP contribution in [0.1, 0.15) is 32.6 Å². The van der Waals surface area contributed by atoms with E-state index in [1.165, 1.54) is 35.0 Å². The van der Waals surface area contributed by atoms with E-state index in [0.717, 1.165) is 23.3 Å². The lowest BCUT2D eigenvalue weighted by Gasteiger charge is -2.11. The first-order valence-electron chi connectivity index (χ1n) is 12.2. The highest BCUT2D eigenvalue weighted by atomic mass is 19.4. The van der Waals surface area contributed by atoms with E-state index in [1.807, 2.05) is 19.9 Å². The first-order valence-corrected chi connectivity index (χ1v) is 12.2. The van der Waals surface area contributed by atoms with Crippen molar-refractivity contribution < 1.29 is 33.3 Å². The zero-order valence-electron chi connectivity index (χ0n) is 21.4. The lowest BCUT2D eigenvalue weighted by Crippen LogP contribution is -2.05. The molecule has 0 amide bonds. The monoisotopic (exact) mass is 544 g/mol. The molecule has 1 heterocycles. The van der Waals surface area contributed by atoms with Crippen molar-refractivity contribution in [2.24, 2.45) is 4.99 Å². The molecule has 40 heavy (non-hydrogen) atoms. The van der Waals surface area contributed by atoms with Gasteiger partial charge in [-0.1, -0.05) is 36.4 Å². The zero-order valence-corrected chi connectivity index (χ0v) is 21.4. The zero-order chi connectivity index (χ0) is 28.8. The van der Waals surface area contributed by atoms with Crippen LogP contribution in [0.15, 0.2) is 83.9 Å². The molecule has 5 aromatic rings. The highest BCUT2D eigenvalue weighted by molar-refractivity contribution is 6.04. The fourth-order valence-corrected chi connectivity index (χ4v) is 4.77. The Morgan fingerprint density at radius 1 is 0.900 bits per heavy atom. The molecular weight excluding hydrogens is 521 g/mol. The fourth-order valence-electron chi connectivity index (χ4n) is 4.77. The number of halogens is 3. The van der Waals surface area contributed by atoms with Gasteiger partial charge in [0, 0.05) is 22.9 Å². The van der Waals surface area contributed by atoms with Gasteiger partial charge < -0.3 is 15.3 Å². The van der Waals surface area contributed by atoms with Gasteiger partial charge in [0.05, 0.1) is 22.2 Å². The summed E-state index contributed by atoms with van der Waals surface area (Å²) in [7, 11) is 0. The van der Waals surface area contributed by atoms with Crippen LogP contribution in [0.3, 0.4) is 0 Å². The number of phenols is 1. The van der Waals surface area contributed by atoms with Crippen molar-refractivity contribution in [1.82, 2.24) is 4.57 Å². The number of carbonyl (C=O) groups is 1. The Kier molecular flexibility index (Phi) is 6.59. The van der Waals surface area contributed by atoms with E-state index in [-0.39, 0.29) is 34.0 Å². The van der Waals surface area contributed by atoms with Crippen molar-refractivity contribution in [2.75, 3.05) is 0 Å². The maximum absolute atomic E-state index is 13.6. The molecule has 6 nitrogen and oxygen atoms in total. The largest absolute Gasteiger partial charge is 0.505 e. The number of alkyl halides is 3. The second-order valence-electron chi connectivity index (χ2n) is 9.47. The van der Waals surface area contributed by atoms with Gasteiger partial charge in [0.25, 0.3) is 0 Å². The number of aromatic hydroxyl groups is 2. The average Bonchev–Trinajstić information content (AvgIpc) is 3.17. The number of rotatable bonds is 5. The van der Waals surface area contributed by atoms with E-state index in [2.05, 4.69) is 4.99 Å². The fraction of sp³-hybridized carbons (Fsp3) is 0.0968. The van der Waals surface area contributed by atoms with Crippen molar-refractivity contribution in [2.45, 2.75) is 20.0 Å². The molecule has 0 radical (unpaired) electrons. The Labute approximate surface area is 226 Å². The molecule has 0 aliphatic carbocycles. The number of hydrogen-bond acceptors (Lipinski definition) is 4. The lowest BCUT2D eigenvalue weighted by molar-refractivity contribution is -0.137. The van der Waals surface area contributed by atoms with E-state index in [9.17, 15) is 33.3 Å². The van der Waals surface area contributed by atoms with Crippen LogP contribution in [0.4, 0.5) is 18.9 Å². The minimum atomic E-state index is -4.58. The number of carboxylic acid groups (broad SMARTS) is 1. The quantitative estimate of drug-likeness (QED) is 0.197. The summed E-state index contributed by atoms with van der Waals surface area (Å²) < 4.78 is 42.1. The summed E-state index contributed by atoms with van der Waals surface area (Å²) in [5.74, 6) is -1.65. The predicted molar refractivity (Wildman–Crippen MR) is 147 cm³/mol. The SMILES string of the molecule is Cc1cc(C)cc(-n2c(O)c(C=Nc3cccc(-c4cccc(C(=O)O)c4)c3O)c3ccc(C(F)(F)F)cc32)c1. The smallest absolute Gasteiger partial charge is 0.416 e. The molecule has 0 atom stereocenters. The van der Waals surface area contributed by atoms with E-state index >= 15 is 0 Å². The normalized spacial score (nSPS) is 11.9. The second kappa shape index (κ2) is 9.92. The van der Waals surface area contributed by atoms with Crippen molar-refractivity contribution in [1.29, 1.82) is 0 Å². The first-order chi connectivity index (χ1) is 18.9. The average molecular weight is 545 g/mol. The van der Waals surface area contributed by atoms with Crippen LogP contribution in [-0.4, -0.2) is 32.1 Å². The molecule has 5 rings (SSSR count). The van der Waals surface area contributed by atoms with Gasteiger partial charge in [-0.2, -0.15) is 13.2 Å². The predicted octanol–water partition coefficient (Wildman–Crippen LogP) is 7.79. The van der Waals surface area contributed by atoms with Gasteiger partial charge in [0.15, 0.2) is 0 Å². The Morgan fingerprint density at radius 2 is 1.60 bits per heavy atom. The number of aromatic carboxylic acids is 1. The standard InChI is InChI=1S/C31H23F3N2O4/c1-17-11-18(2)13-22(12-17)36-27-15-21(31(32,33)34)9-10-24(27)25(29(36)38)16-35-26-8-4-7-23(28(26)37)19-5-3-6-20(14-19)30(39)40/h3-16,37-38H,1-2H3,(H,39,40). The third-order valence-corrected chi connectivity index (χ3v) is 6.54. The van der Waals surface area contributed by atoms with Crippen LogP contribution in [0.2, 0.25) is 0 Å². The van der Waals surface area contributed by atoms with Crippen molar-refractivity contribution in [3.05, 3.63) is 107 Å². The van der Waals surface area contributed by atoms with Crippen molar-refractivity contribution >= 4 is 28.8 Å². The van der Waals surface area contributed by atoms with E-state index in [0.29, 0.717) is 22.2 Å². The summed E-state index contributed by atoms with van der Waals surface area (Å²) in [6.07, 6.45) is -3.30. The minimum Gasteiger partial charge on any atom is -0.505 e. The van der Waals surface area contributed by atoms with Crippen LogP contribution < -0.4 is 0 Å². The van der Waals surface area contributed by atoms with Gasteiger partial charge in [-0.05, 0) is 73.0 Å². The number of carboxylic acids is 1. The number of para-hydroxylation sites is 1. The summed E-state index contributed by atoms with van der Waals surface area (Å²) in [5, 5.41) is 31.9. The number of fused-ring (bicyclic) bond motifs is 1. The van der Waals surface area contributed by atoms with Gasteiger partial charge in [0.2, 0.25) is 5.88 Å². The van der Waals surface area contributed by atoms with Crippen molar-refractivity contribution in [3.8, 4) is 28.4 Å². The molecule has 0 saturated carbocycles. The van der Waals surface area contributed by atoms with Gasteiger partial charge in [0.1, 0.15) is 11.4 Å². The molecule has 4 aromatic carbocycles. The van der Waals surface area contributed by atoms with E-state index in [1.54, 1.807) is 36.4 Å². The van der Waals surface area contributed by atoms with Crippen LogP contribution in [-0.2, 0) is 6.18 Å². The van der Waals surface area contributed by atoms with Crippen LogP contribution >= 0.6 is 0 Å². The maximum atomic E-state index is 13.6. The number of aliphatic imine (C=N–C) groups is 1. The third kappa shape index (κ3) is 4.89. The van der Waals surface area contributed by atoms with Gasteiger partial charge in [-0.25, -0.2) is 4.79 Å². The maximum Gasteiger partial charge on any atom is 0.416 e. The summed E-state index contributed by atoms with van der Waals surface area (Å²) >= 11 is 0. The molecule has 202 valence electrons. The molecule has 0 aliphatic heterocycles. The molecule has 9 heteroatoms. The molecule has 0 fully saturated rings. The number of benzene rings is 4. The Bertz CT molecular complexity index is 1800. The Hall–Kier alpha value is -5.05. The highest BCUT2D eigenvalue weighted by Gasteiger charge is 2.31. The summed E-state index contributed by atoms with van der Waals surface area (Å²) in [5.41, 5.74) is 2.65. The Morgan fingerprint density at radius 3 is 2.27 bits per heavy atom. The number of phenolic OH excluding ortho intramolecular Hbond substituents is 1. The third-order valence-electron chi connectivity index (χ3n) is 6.54. The number of aromatic nitrogens is 1. The van der Waals surface area contributed by atoms with Crippen molar-refractivity contribution in [3.63, 3.8) is 0 Å². The number of hydrogen-bond donors (Lipinski definition) is 3. The molecule has 0 saturated heterocycles. The van der Waals surface area contributed by atoms with E-state index < -0.39 is 17.7 Å². The summed E-state index contributed by atoms with van der Waals surface area (Å²) in [6, 6.07) is 19.5. The topological polar surface area (TPSA) is 95.0 Å². The summed E-state index contributed by atoms with van der Waals surface area (Å²) in [4.78, 5) is 15.7. The second-order valence-corrected chi connectivity index (χ2v) is 9.47. The molecule has 1 aromatic heterocycles. The van der Waals surface area contributed by atoms with Gasteiger partial charge in [-0.3, -0.25) is 9.56 Å². The van der Waals surface area contributed by atoms with Crippen LogP contribution in [0, 0.1) is 13.8 Å². The Balaban J connectivity index is 1.66. The highest BCUT2D eigenvalue weighted by Crippen LogP contribution is 2.40. The molecule has 0 bridgehead atoms. The molecular formula is C31H23F3N2O4. The van der Waals surface area contributed by atoms with Crippen LogP contribution in [0.25, 0.3) is 27.7 Å². The number of aryl methyl sites for hydroxylation is 2. The lowest BCUT2D eigenvalue weighted by atomic mass is 10.0. The van der Waals surface area contributed by atoms with Crippen LogP contribution in [0.5, 0.6) is 11.6 Å². The number of nitrogens with zero attached hydrogens (tertiary/aromatic N) is 2. The molecule has 3 N–H and O–H groups in total. The van der Waals surface area contributed by atoms with Gasteiger partial charge in [-0.15, -0.1) is 0 Å². The first kappa shape index (κ1) is 26.6. The minimum absolute atomic E-state index is 0.0492.